The number of hydrogen-bond acceptors (Lipinski definition) is 5. The molecule has 4 rings (SSSR count). The number of carbonyl (C=O) groups is 1. The molecule has 0 saturated heterocycles. The van der Waals surface area contributed by atoms with Gasteiger partial charge in [0, 0.05) is 23.2 Å². The van der Waals surface area contributed by atoms with Crippen LogP contribution in [0, 0.1) is 12.8 Å². The maximum atomic E-state index is 12.7. The number of nitrogens with one attached hydrogen (secondary N) is 2. The Bertz CT molecular complexity index is 1210. The fourth-order valence-electron chi connectivity index (χ4n) is 3.94. The summed E-state index contributed by atoms with van der Waals surface area (Å²) in [6, 6.07) is 14.0. The van der Waals surface area contributed by atoms with Gasteiger partial charge in [-0.15, -0.1) is 11.3 Å². The molecule has 3 aromatic rings. The summed E-state index contributed by atoms with van der Waals surface area (Å²) in [6.07, 6.45) is 2.72. The zero-order valence-electron chi connectivity index (χ0n) is 18.6. The van der Waals surface area contributed by atoms with Crippen molar-refractivity contribution in [2.75, 3.05) is 5.32 Å². The molecule has 6 nitrogen and oxygen atoms in total. The third-order valence-electron chi connectivity index (χ3n) is 5.99. The van der Waals surface area contributed by atoms with E-state index >= 15 is 0 Å². The molecular weight excluding hydrogens is 442 g/mol. The third kappa shape index (κ3) is 5.19. The van der Waals surface area contributed by atoms with Gasteiger partial charge >= 0.3 is 0 Å². The van der Waals surface area contributed by atoms with Crippen LogP contribution in [0.5, 0.6) is 0 Å². The van der Waals surface area contributed by atoms with Crippen LogP contribution in [-0.2, 0) is 14.8 Å². The number of hydrogen-bond donors (Lipinski definition) is 2. The van der Waals surface area contributed by atoms with Crippen LogP contribution in [0.4, 0.5) is 5.69 Å². The zero-order chi connectivity index (χ0) is 22.9. The molecule has 0 atom stereocenters. The van der Waals surface area contributed by atoms with Crippen LogP contribution in [0.1, 0.15) is 45.1 Å². The number of aryl methyl sites for hydroxylation is 1. The first-order valence-electron chi connectivity index (χ1n) is 11.0. The van der Waals surface area contributed by atoms with Gasteiger partial charge in [0.05, 0.1) is 15.5 Å². The summed E-state index contributed by atoms with van der Waals surface area (Å²) in [7, 11) is -3.28. The molecule has 1 aliphatic rings. The molecule has 1 aliphatic carbocycles. The molecule has 0 radical (unpaired) electrons. The quantitative estimate of drug-likeness (QED) is 0.524. The minimum atomic E-state index is -3.28. The Labute approximate surface area is 193 Å². The van der Waals surface area contributed by atoms with Crippen molar-refractivity contribution in [2.45, 2.75) is 57.7 Å². The normalized spacial score (nSPS) is 19.4. The molecular formula is C24H29N3O3S2. The van der Waals surface area contributed by atoms with E-state index in [2.05, 4.69) is 29.1 Å². The van der Waals surface area contributed by atoms with Crippen LogP contribution >= 0.6 is 11.3 Å². The number of carbonyl (C=O) groups excluding carboxylic acids is 1. The van der Waals surface area contributed by atoms with E-state index in [4.69, 9.17) is 4.98 Å². The van der Waals surface area contributed by atoms with E-state index in [0.29, 0.717) is 25.7 Å². The van der Waals surface area contributed by atoms with E-state index in [0.717, 1.165) is 21.8 Å². The molecule has 1 saturated carbocycles. The van der Waals surface area contributed by atoms with Crippen molar-refractivity contribution in [1.82, 2.24) is 9.71 Å². The second-order valence-corrected chi connectivity index (χ2v) is 12.1. The minimum Gasteiger partial charge on any atom is -0.326 e. The van der Waals surface area contributed by atoms with Gasteiger partial charge in [0.1, 0.15) is 5.01 Å². The SMILES string of the molecule is Cc1ccc2nc(-c3ccc(NC(=O)C4CCC(NS(=O)(=O)C(C)C)CC4)cc3)sc2c1. The maximum absolute atomic E-state index is 12.7. The maximum Gasteiger partial charge on any atom is 0.227 e. The number of benzene rings is 2. The van der Waals surface area contributed by atoms with Gasteiger partial charge in [-0.1, -0.05) is 6.07 Å². The molecule has 0 bridgehead atoms. The van der Waals surface area contributed by atoms with E-state index in [-0.39, 0.29) is 17.9 Å². The van der Waals surface area contributed by atoms with E-state index in [1.807, 2.05) is 30.3 Å². The van der Waals surface area contributed by atoms with Crippen molar-refractivity contribution in [3.63, 3.8) is 0 Å². The van der Waals surface area contributed by atoms with Gasteiger partial charge < -0.3 is 5.32 Å². The Morgan fingerprint density at radius 2 is 1.75 bits per heavy atom. The summed E-state index contributed by atoms with van der Waals surface area (Å²) in [5.41, 5.74) is 4.01. The fourth-order valence-corrected chi connectivity index (χ4v) is 5.98. The lowest BCUT2D eigenvalue weighted by molar-refractivity contribution is -0.120. The summed E-state index contributed by atoms with van der Waals surface area (Å²) in [6.45, 7) is 5.42. The minimum absolute atomic E-state index is 0.00150. The number of anilines is 1. The van der Waals surface area contributed by atoms with E-state index in [1.54, 1.807) is 25.2 Å². The number of aromatic nitrogens is 1. The number of nitrogens with zero attached hydrogens (tertiary/aromatic N) is 1. The molecule has 32 heavy (non-hydrogen) atoms. The number of fused-ring (bicyclic) bond motifs is 1. The average Bonchev–Trinajstić information content (AvgIpc) is 3.17. The van der Waals surface area contributed by atoms with Crippen molar-refractivity contribution in [1.29, 1.82) is 0 Å². The highest BCUT2D eigenvalue weighted by molar-refractivity contribution is 7.90. The summed E-state index contributed by atoms with van der Waals surface area (Å²) in [5.74, 6) is -0.0969. The van der Waals surface area contributed by atoms with Gasteiger partial charge in [0.15, 0.2) is 0 Å². The smallest absolute Gasteiger partial charge is 0.227 e. The lowest BCUT2D eigenvalue weighted by Gasteiger charge is -2.28. The van der Waals surface area contributed by atoms with Crippen molar-refractivity contribution >= 4 is 43.2 Å². The van der Waals surface area contributed by atoms with E-state index in [9.17, 15) is 13.2 Å². The summed E-state index contributed by atoms with van der Waals surface area (Å²) < 4.78 is 28.1. The molecule has 0 aliphatic heterocycles. The van der Waals surface area contributed by atoms with Crippen molar-refractivity contribution < 1.29 is 13.2 Å². The molecule has 1 aromatic heterocycles. The molecule has 1 heterocycles. The number of rotatable bonds is 6. The molecule has 1 amide bonds. The van der Waals surface area contributed by atoms with Crippen LogP contribution in [0.3, 0.4) is 0 Å². The average molecular weight is 472 g/mol. The number of sulfonamides is 1. The Morgan fingerprint density at radius 1 is 1.06 bits per heavy atom. The summed E-state index contributed by atoms with van der Waals surface area (Å²) in [5, 5.41) is 3.53. The van der Waals surface area contributed by atoms with Crippen LogP contribution in [0.25, 0.3) is 20.8 Å². The second-order valence-electron chi connectivity index (χ2n) is 8.82. The standard InChI is InChI=1S/C24H29N3O3S2/c1-15(2)32(29,30)27-20-11-5-17(6-12-20)23(28)25-19-9-7-18(8-10-19)24-26-21-13-4-16(3)14-22(21)31-24/h4,7-10,13-15,17,20,27H,5-6,11-12H2,1-3H3,(H,25,28). The Hall–Kier alpha value is -2.29. The Morgan fingerprint density at radius 3 is 2.41 bits per heavy atom. The molecule has 1 fully saturated rings. The van der Waals surface area contributed by atoms with E-state index in [1.165, 1.54) is 10.3 Å². The topological polar surface area (TPSA) is 88.2 Å². The zero-order valence-corrected chi connectivity index (χ0v) is 20.2. The largest absolute Gasteiger partial charge is 0.326 e. The van der Waals surface area contributed by atoms with Gasteiger partial charge in [-0.25, -0.2) is 18.1 Å². The predicted molar refractivity (Wildman–Crippen MR) is 131 cm³/mol. The summed E-state index contributed by atoms with van der Waals surface area (Å²) >= 11 is 1.67. The van der Waals surface area contributed by atoms with Crippen molar-refractivity contribution in [2.24, 2.45) is 5.92 Å². The van der Waals surface area contributed by atoms with Crippen LogP contribution in [-0.4, -0.2) is 30.6 Å². The predicted octanol–water partition coefficient (Wildman–Crippen LogP) is 5.10. The first-order valence-corrected chi connectivity index (χ1v) is 13.4. The molecule has 2 aromatic carbocycles. The number of thiazole rings is 1. The van der Waals surface area contributed by atoms with Gasteiger partial charge in [0.25, 0.3) is 0 Å². The van der Waals surface area contributed by atoms with Gasteiger partial charge in [-0.3, -0.25) is 4.79 Å². The molecule has 0 spiro atoms. The molecule has 170 valence electrons. The molecule has 2 N–H and O–H groups in total. The summed E-state index contributed by atoms with van der Waals surface area (Å²) in [4.78, 5) is 17.4. The molecule has 8 heteroatoms. The number of amides is 1. The lowest BCUT2D eigenvalue weighted by Crippen LogP contribution is -2.42. The van der Waals surface area contributed by atoms with Crippen LogP contribution < -0.4 is 10.0 Å². The van der Waals surface area contributed by atoms with Crippen molar-refractivity contribution in [3.05, 3.63) is 48.0 Å². The first kappa shape index (κ1) is 22.9. The monoisotopic (exact) mass is 471 g/mol. The highest BCUT2D eigenvalue weighted by Crippen LogP contribution is 2.32. The van der Waals surface area contributed by atoms with Crippen molar-refractivity contribution in [3.8, 4) is 10.6 Å². The highest BCUT2D eigenvalue weighted by Gasteiger charge is 2.29. The lowest BCUT2D eigenvalue weighted by atomic mass is 9.86. The van der Waals surface area contributed by atoms with Gasteiger partial charge in [-0.2, -0.15) is 0 Å². The van der Waals surface area contributed by atoms with Gasteiger partial charge in [0.2, 0.25) is 15.9 Å². The first-order chi connectivity index (χ1) is 15.2. The van der Waals surface area contributed by atoms with E-state index < -0.39 is 15.3 Å². The molecule has 0 unspecified atom stereocenters. The second kappa shape index (κ2) is 9.29. The van der Waals surface area contributed by atoms with Crippen LogP contribution in [0.15, 0.2) is 42.5 Å². The Balaban J connectivity index is 1.34. The van der Waals surface area contributed by atoms with Gasteiger partial charge in [-0.05, 0) is 88.4 Å². The fraction of sp³-hybridized carbons (Fsp3) is 0.417. The Kier molecular flexibility index (Phi) is 6.65. The third-order valence-corrected chi connectivity index (χ3v) is 8.96. The van der Waals surface area contributed by atoms with Crippen LogP contribution in [0.2, 0.25) is 0 Å². The highest BCUT2D eigenvalue weighted by atomic mass is 32.2.